The van der Waals surface area contributed by atoms with E-state index in [4.69, 9.17) is 19.7 Å². The van der Waals surface area contributed by atoms with Crippen molar-refractivity contribution in [1.82, 2.24) is 0 Å². The van der Waals surface area contributed by atoms with Gasteiger partial charge in [0.2, 0.25) is 6.29 Å². The van der Waals surface area contributed by atoms with E-state index in [1.165, 1.54) is 38.1 Å². The average Bonchev–Trinajstić information content (AvgIpc) is 2.27. The van der Waals surface area contributed by atoms with Crippen molar-refractivity contribution >= 4 is 11.9 Å². The summed E-state index contributed by atoms with van der Waals surface area (Å²) in [5, 5.41) is 17.6. The summed E-state index contributed by atoms with van der Waals surface area (Å²) in [6.07, 6.45) is -1.93. The first kappa shape index (κ1) is 14.1. The van der Waals surface area contributed by atoms with E-state index < -0.39 is 24.5 Å². The first-order valence-electron chi connectivity index (χ1n) is 5.28. The van der Waals surface area contributed by atoms with Crippen molar-refractivity contribution in [2.75, 3.05) is 0 Å². The second-order valence-electron chi connectivity index (χ2n) is 3.59. The summed E-state index contributed by atoms with van der Waals surface area (Å²) in [6, 6.07) is 5.31. The topological polar surface area (TPSA) is 93.1 Å². The summed E-state index contributed by atoms with van der Waals surface area (Å²) >= 11 is 0. The highest BCUT2D eigenvalue weighted by molar-refractivity contribution is 5.92. The van der Waals surface area contributed by atoms with Gasteiger partial charge in [-0.25, -0.2) is 9.59 Å². The minimum Gasteiger partial charge on any atom is -0.478 e. The van der Waals surface area contributed by atoms with Gasteiger partial charge in [0, 0.05) is 0 Å². The van der Waals surface area contributed by atoms with Crippen LogP contribution in [-0.2, 0) is 9.47 Å². The molecule has 0 aliphatic carbocycles. The predicted molar refractivity (Wildman–Crippen MR) is 61.0 cm³/mol. The Kier molecular flexibility index (Phi) is 4.82. The lowest BCUT2D eigenvalue weighted by Gasteiger charge is -2.15. The van der Waals surface area contributed by atoms with Crippen molar-refractivity contribution in [1.29, 1.82) is 0 Å². The van der Waals surface area contributed by atoms with Gasteiger partial charge in [0.15, 0.2) is 6.29 Å². The van der Waals surface area contributed by atoms with E-state index in [1.54, 1.807) is 0 Å². The molecule has 6 heteroatoms. The van der Waals surface area contributed by atoms with Crippen molar-refractivity contribution in [3.05, 3.63) is 35.4 Å². The Balaban J connectivity index is 2.64. The summed E-state index contributed by atoms with van der Waals surface area (Å²) in [5.74, 6) is -1.72. The second-order valence-corrected chi connectivity index (χ2v) is 3.59. The molecular formula is C12H14O6. The SMILES string of the molecule is CC(O)OC(C)OC(=O)c1ccc(C(=O)O)cc1. The summed E-state index contributed by atoms with van der Waals surface area (Å²) in [7, 11) is 0. The number of carbonyl (C=O) groups excluding carboxylic acids is 1. The van der Waals surface area contributed by atoms with Crippen LogP contribution in [0.15, 0.2) is 24.3 Å². The number of aliphatic hydroxyl groups excluding tert-OH is 1. The summed E-state index contributed by atoms with van der Waals surface area (Å²) in [5.41, 5.74) is 0.292. The van der Waals surface area contributed by atoms with Crippen LogP contribution in [0.4, 0.5) is 0 Å². The Bertz CT molecular complexity index is 423. The van der Waals surface area contributed by atoms with Crippen LogP contribution in [0.1, 0.15) is 34.6 Å². The number of aromatic carboxylic acids is 1. The maximum atomic E-state index is 11.6. The third-order valence-electron chi connectivity index (χ3n) is 2.03. The molecule has 18 heavy (non-hydrogen) atoms. The number of carboxylic acids is 1. The molecule has 0 radical (unpaired) electrons. The Labute approximate surface area is 104 Å². The third-order valence-corrected chi connectivity index (χ3v) is 2.03. The van der Waals surface area contributed by atoms with Crippen molar-refractivity contribution in [3.8, 4) is 0 Å². The first-order chi connectivity index (χ1) is 8.40. The number of ether oxygens (including phenoxy) is 2. The number of carboxylic acid groups (broad SMARTS) is 1. The molecule has 6 nitrogen and oxygen atoms in total. The minimum absolute atomic E-state index is 0.0832. The molecule has 98 valence electrons. The van der Waals surface area contributed by atoms with Gasteiger partial charge in [-0.2, -0.15) is 0 Å². The van der Waals surface area contributed by atoms with Crippen molar-refractivity contribution < 1.29 is 29.3 Å². The van der Waals surface area contributed by atoms with Gasteiger partial charge in [-0.05, 0) is 38.1 Å². The molecule has 2 unspecified atom stereocenters. The van der Waals surface area contributed by atoms with Gasteiger partial charge in [-0.15, -0.1) is 0 Å². The Morgan fingerprint density at radius 2 is 1.61 bits per heavy atom. The first-order valence-corrected chi connectivity index (χ1v) is 5.28. The zero-order chi connectivity index (χ0) is 13.7. The normalized spacial score (nSPS) is 13.7. The molecule has 1 aromatic rings. The van der Waals surface area contributed by atoms with Crippen LogP contribution in [0.25, 0.3) is 0 Å². The molecule has 1 aromatic carbocycles. The van der Waals surface area contributed by atoms with E-state index in [0.29, 0.717) is 0 Å². The van der Waals surface area contributed by atoms with Crippen LogP contribution in [-0.4, -0.2) is 34.7 Å². The van der Waals surface area contributed by atoms with E-state index in [-0.39, 0.29) is 11.1 Å². The van der Waals surface area contributed by atoms with Crippen molar-refractivity contribution in [3.63, 3.8) is 0 Å². The van der Waals surface area contributed by atoms with Gasteiger partial charge >= 0.3 is 11.9 Å². The van der Waals surface area contributed by atoms with E-state index in [9.17, 15) is 9.59 Å². The monoisotopic (exact) mass is 254 g/mol. The molecule has 0 aliphatic heterocycles. The zero-order valence-electron chi connectivity index (χ0n) is 9.99. The van der Waals surface area contributed by atoms with Gasteiger partial charge in [0.1, 0.15) is 0 Å². The molecule has 0 saturated carbocycles. The molecule has 0 fully saturated rings. The molecule has 0 amide bonds. The Morgan fingerprint density at radius 1 is 1.11 bits per heavy atom. The number of hydrogen-bond donors (Lipinski definition) is 2. The molecular weight excluding hydrogens is 240 g/mol. The molecule has 0 spiro atoms. The van der Waals surface area contributed by atoms with Crippen molar-refractivity contribution in [2.45, 2.75) is 26.4 Å². The third kappa shape index (κ3) is 4.15. The largest absolute Gasteiger partial charge is 0.478 e. The number of hydrogen-bond acceptors (Lipinski definition) is 5. The lowest BCUT2D eigenvalue weighted by atomic mass is 10.1. The molecule has 2 atom stereocenters. The fourth-order valence-corrected chi connectivity index (χ4v) is 1.27. The van der Waals surface area contributed by atoms with Gasteiger partial charge in [-0.1, -0.05) is 0 Å². The minimum atomic E-state index is -1.07. The van der Waals surface area contributed by atoms with Gasteiger partial charge in [0.25, 0.3) is 0 Å². The Hall–Kier alpha value is -1.92. The lowest BCUT2D eigenvalue weighted by molar-refractivity contribution is -0.191. The van der Waals surface area contributed by atoms with Crippen LogP contribution in [0.3, 0.4) is 0 Å². The fraction of sp³-hybridized carbons (Fsp3) is 0.333. The number of carbonyl (C=O) groups is 2. The van der Waals surface area contributed by atoms with E-state index in [2.05, 4.69) is 0 Å². The number of benzene rings is 1. The summed E-state index contributed by atoms with van der Waals surface area (Å²) in [4.78, 5) is 22.2. The quantitative estimate of drug-likeness (QED) is 0.606. The van der Waals surface area contributed by atoms with Crippen LogP contribution in [0, 0.1) is 0 Å². The maximum absolute atomic E-state index is 11.6. The zero-order valence-corrected chi connectivity index (χ0v) is 9.99. The van der Waals surface area contributed by atoms with E-state index >= 15 is 0 Å². The van der Waals surface area contributed by atoms with E-state index in [0.717, 1.165) is 0 Å². The molecule has 1 rings (SSSR count). The number of rotatable bonds is 5. The molecule has 2 N–H and O–H groups in total. The molecule has 0 bridgehead atoms. The summed E-state index contributed by atoms with van der Waals surface area (Å²) in [6.45, 7) is 2.86. The molecule has 0 heterocycles. The average molecular weight is 254 g/mol. The van der Waals surface area contributed by atoms with Gasteiger partial charge in [-0.3, -0.25) is 0 Å². The molecule has 0 aliphatic rings. The highest BCUT2D eigenvalue weighted by atomic mass is 16.7. The van der Waals surface area contributed by atoms with Crippen LogP contribution >= 0.6 is 0 Å². The highest BCUT2D eigenvalue weighted by Gasteiger charge is 2.14. The van der Waals surface area contributed by atoms with Gasteiger partial charge in [0.05, 0.1) is 11.1 Å². The lowest BCUT2D eigenvalue weighted by Crippen LogP contribution is -2.22. The van der Waals surface area contributed by atoms with Crippen LogP contribution in [0.5, 0.6) is 0 Å². The highest BCUT2D eigenvalue weighted by Crippen LogP contribution is 2.08. The van der Waals surface area contributed by atoms with E-state index in [1.807, 2.05) is 0 Å². The second kappa shape index (κ2) is 6.13. The predicted octanol–water partition coefficient (Wildman–Crippen LogP) is 1.24. The van der Waals surface area contributed by atoms with Crippen LogP contribution in [0.2, 0.25) is 0 Å². The van der Waals surface area contributed by atoms with Crippen molar-refractivity contribution in [2.24, 2.45) is 0 Å². The number of aliphatic hydroxyl groups is 1. The summed E-state index contributed by atoms with van der Waals surface area (Å²) < 4.78 is 9.70. The fourth-order valence-electron chi connectivity index (χ4n) is 1.27. The molecule has 0 saturated heterocycles. The Morgan fingerprint density at radius 3 is 2.06 bits per heavy atom. The number of esters is 1. The standard InChI is InChI=1S/C12H14O6/c1-7(13)17-8(2)18-12(16)10-5-3-9(4-6-10)11(14)15/h3-8,13H,1-2H3,(H,14,15). The maximum Gasteiger partial charge on any atom is 0.340 e. The van der Waals surface area contributed by atoms with Crippen LogP contribution < -0.4 is 0 Å². The molecule has 0 aromatic heterocycles. The smallest absolute Gasteiger partial charge is 0.340 e. The van der Waals surface area contributed by atoms with Gasteiger partial charge < -0.3 is 19.7 Å².